The summed E-state index contributed by atoms with van der Waals surface area (Å²) in [5.74, 6) is -0.726. The number of amides is 1. The summed E-state index contributed by atoms with van der Waals surface area (Å²) < 4.78 is 6.21. The number of nitrogens with one attached hydrogen (secondary N) is 1. The molecule has 9 heteroatoms. The predicted octanol–water partition coefficient (Wildman–Crippen LogP) is 1.34. The molecule has 0 aromatic carbocycles. The molecule has 0 aliphatic carbocycles. The molecule has 8 nitrogen and oxygen atoms in total. The number of hydrogen-bond donors (Lipinski definition) is 1. The third-order valence-electron chi connectivity index (χ3n) is 2.58. The van der Waals surface area contributed by atoms with Gasteiger partial charge in [-0.2, -0.15) is 5.26 Å². The number of nitrogens with zero attached hydrogens (tertiary/aromatic N) is 4. The number of aryl methyl sites for hydroxylation is 1. The molecule has 2 heterocycles. The number of nitriles is 1. The summed E-state index contributed by atoms with van der Waals surface area (Å²) in [4.78, 5) is 27.8. The van der Waals surface area contributed by atoms with Gasteiger partial charge in [0.05, 0.1) is 11.6 Å². The second-order valence-electron chi connectivity index (χ2n) is 4.27. The van der Waals surface area contributed by atoms with Gasteiger partial charge < -0.3 is 10.1 Å². The highest BCUT2D eigenvalue weighted by atomic mass is 32.1. The van der Waals surface area contributed by atoms with Gasteiger partial charge in [0, 0.05) is 0 Å². The predicted molar refractivity (Wildman–Crippen MR) is 78.4 cm³/mol. The van der Waals surface area contributed by atoms with Crippen LogP contribution in [-0.4, -0.2) is 33.2 Å². The Hall–Kier alpha value is -2.73. The smallest absolute Gasteiger partial charge is 0.348 e. The highest BCUT2D eigenvalue weighted by Crippen LogP contribution is 2.27. The Bertz CT molecular complexity index is 743. The van der Waals surface area contributed by atoms with Crippen molar-refractivity contribution in [1.29, 1.82) is 5.26 Å². The number of ether oxygens (including phenoxy) is 1. The molecular formula is C13H13N5O3S. The van der Waals surface area contributed by atoms with Gasteiger partial charge in [-0.3, -0.25) is 4.79 Å². The molecule has 0 spiro atoms. The molecule has 0 radical (unpaired) electrons. The van der Waals surface area contributed by atoms with Gasteiger partial charge in [-0.1, -0.05) is 0 Å². The summed E-state index contributed by atoms with van der Waals surface area (Å²) >= 11 is 1.15. The molecule has 0 fully saturated rings. The molecule has 114 valence electrons. The van der Waals surface area contributed by atoms with Crippen LogP contribution in [0.3, 0.4) is 0 Å². The molecule has 0 aliphatic heterocycles. The number of thiophene rings is 1. The Morgan fingerprint density at radius 3 is 2.95 bits per heavy atom. The van der Waals surface area contributed by atoms with Gasteiger partial charge in [-0.15, -0.1) is 16.4 Å². The van der Waals surface area contributed by atoms with E-state index in [2.05, 4.69) is 15.4 Å². The van der Waals surface area contributed by atoms with E-state index in [0.717, 1.165) is 16.9 Å². The summed E-state index contributed by atoms with van der Waals surface area (Å²) in [5.41, 5.74) is 0.742. The van der Waals surface area contributed by atoms with Crippen LogP contribution < -0.4 is 5.32 Å². The molecule has 0 saturated carbocycles. The van der Waals surface area contributed by atoms with Crippen molar-refractivity contribution in [2.45, 2.75) is 20.4 Å². The zero-order chi connectivity index (χ0) is 16.1. The molecule has 1 N–H and O–H groups in total. The summed E-state index contributed by atoms with van der Waals surface area (Å²) in [5, 5.41) is 15.6. The Morgan fingerprint density at radius 1 is 1.55 bits per heavy atom. The normalized spacial score (nSPS) is 10.0. The highest BCUT2D eigenvalue weighted by Gasteiger charge is 2.16. The van der Waals surface area contributed by atoms with Crippen LogP contribution in [0.25, 0.3) is 0 Å². The fourth-order valence-electron chi connectivity index (χ4n) is 1.69. The van der Waals surface area contributed by atoms with Crippen LogP contribution >= 0.6 is 11.3 Å². The van der Waals surface area contributed by atoms with Gasteiger partial charge in [-0.05, 0) is 25.5 Å². The largest absolute Gasteiger partial charge is 0.462 e. The Balaban J connectivity index is 2.01. The Morgan fingerprint density at radius 2 is 2.32 bits per heavy atom. The summed E-state index contributed by atoms with van der Waals surface area (Å²) in [6.45, 7) is 3.73. The average Bonchev–Trinajstić information content (AvgIpc) is 3.05. The number of anilines is 1. The molecule has 0 saturated heterocycles. The van der Waals surface area contributed by atoms with Crippen molar-refractivity contribution in [3.05, 3.63) is 28.7 Å². The molecule has 2 aromatic rings. The van der Waals surface area contributed by atoms with Crippen LogP contribution in [0.2, 0.25) is 0 Å². The van der Waals surface area contributed by atoms with Crippen molar-refractivity contribution in [3.8, 4) is 6.07 Å². The lowest BCUT2D eigenvalue weighted by Gasteiger charge is -2.01. The number of carbonyl (C=O) groups is 2. The average molecular weight is 319 g/mol. The Labute approximate surface area is 130 Å². The maximum absolute atomic E-state index is 11.9. The van der Waals surface area contributed by atoms with Gasteiger partial charge in [-0.25, -0.2) is 14.5 Å². The van der Waals surface area contributed by atoms with Crippen molar-refractivity contribution in [3.63, 3.8) is 0 Å². The molecule has 0 atom stereocenters. The minimum absolute atomic E-state index is 0.00404. The molecule has 2 aromatic heterocycles. The minimum Gasteiger partial charge on any atom is -0.462 e. The maximum atomic E-state index is 11.9. The molecule has 0 bridgehead atoms. The van der Waals surface area contributed by atoms with Crippen molar-refractivity contribution < 1.29 is 14.3 Å². The van der Waals surface area contributed by atoms with Gasteiger partial charge >= 0.3 is 5.97 Å². The van der Waals surface area contributed by atoms with E-state index in [1.165, 1.54) is 11.0 Å². The fourth-order valence-corrected chi connectivity index (χ4v) is 2.67. The van der Waals surface area contributed by atoms with Crippen LogP contribution in [0.4, 0.5) is 5.00 Å². The zero-order valence-electron chi connectivity index (χ0n) is 12.0. The lowest BCUT2D eigenvalue weighted by atomic mass is 10.3. The van der Waals surface area contributed by atoms with Crippen LogP contribution in [0, 0.1) is 18.3 Å². The molecular weight excluding hydrogens is 306 g/mol. The molecule has 2 rings (SSSR count). The van der Waals surface area contributed by atoms with Gasteiger partial charge in [0.15, 0.2) is 0 Å². The van der Waals surface area contributed by atoms with E-state index in [9.17, 15) is 9.59 Å². The van der Waals surface area contributed by atoms with Crippen LogP contribution in [0.15, 0.2) is 12.4 Å². The third kappa shape index (κ3) is 3.67. The second kappa shape index (κ2) is 6.82. The molecule has 0 aliphatic rings. The van der Waals surface area contributed by atoms with Crippen LogP contribution in [0.1, 0.15) is 28.0 Å². The van der Waals surface area contributed by atoms with Crippen LogP contribution in [0.5, 0.6) is 0 Å². The second-order valence-corrected chi connectivity index (χ2v) is 5.32. The molecule has 0 unspecified atom stereocenters. The monoisotopic (exact) mass is 319 g/mol. The maximum Gasteiger partial charge on any atom is 0.348 e. The van der Waals surface area contributed by atoms with E-state index in [-0.39, 0.29) is 18.3 Å². The minimum atomic E-state index is -0.402. The van der Waals surface area contributed by atoms with Crippen LogP contribution in [-0.2, 0) is 16.1 Å². The highest BCUT2D eigenvalue weighted by molar-refractivity contribution is 7.18. The molecule has 22 heavy (non-hydrogen) atoms. The third-order valence-corrected chi connectivity index (χ3v) is 3.72. The van der Waals surface area contributed by atoms with E-state index in [4.69, 9.17) is 10.00 Å². The van der Waals surface area contributed by atoms with Gasteiger partial charge in [0.2, 0.25) is 5.91 Å². The number of rotatable bonds is 5. The van der Waals surface area contributed by atoms with E-state index >= 15 is 0 Å². The summed E-state index contributed by atoms with van der Waals surface area (Å²) in [7, 11) is 0. The number of esters is 1. The van der Waals surface area contributed by atoms with Crippen molar-refractivity contribution in [2.24, 2.45) is 0 Å². The SMILES string of the molecule is CCOC(=O)c1sc(NC(=O)Cn2cnc(C#N)n2)cc1C. The fraction of sp³-hybridized carbons (Fsp3) is 0.308. The molecule has 1 amide bonds. The summed E-state index contributed by atoms with van der Waals surface area (Å²) in [6.07, 6.45) is 1.31. The number of carbonyl (C=O) groups excluding carboxylic acids is 2. The van der Waals surface area contributed by atoms with Crippen molar-refractivity contribution in [2.75, 3.05) is 11.9 Å². The lowest BCUT2D eigenvalue weighted by Crippen LogP contribution is -2.18. The van der Waals surface area contributed by atoms with E-state index in [1.807, 2.05) is 0 Å². The first-order chi connectivity index (χ1) is 10.5. The zero-order valence-corrected chi connectivity index (χ0v) is 12.8. The van der Waals surface area contributed by atoms with Crippen molar-refractivity contribution >= 4 is 28.2 Å². The quantitative estimate of drug-likeness (QED) is 0.833. The first-order valence-electron chi connectivity index (χ1n) is 6.40. The van der Waals surface area contributed by atoms with E-state index in [1.54, 1.807) is 26.0 Å². The van der Waals surface area contributed by atoms with E-state index < -0.39 is 5.97 Å². The first kappa shape index (κ1) is 15.7. The summed E-state index contributed by atoms with van der Waals surface area (Å²) in [6, 6.07) is 3.49. The topological polar surface area (TPSA) is 110 Å². The standard InChI is InChI=1S/C13H13N5O3S/c1-3-21-13(20)12-8(2)4-11(22-12)16-10(19)6-18-7-15-9(5-14)17-18/h4,7H,3,6H2,1-2H3,(H,16,19). The first-order valence-corrected chi connectivity index (χ1v) is 7.22. The van der Waals surface area contributed by atoms with Gasteiger partial charge in [0.1, 0.15) is 23.8 Å². The van der Waals surface area contributed by atoms with Gasteiger partial charge in [0.25, 0.3) is 5.82 Å². The lowest BCUT2D eigenvalue weighted by molar-refractivity contribution is -0.116. The van der Waals surface area contributed by atoms with Crippen molar-refractivity contribution in [1.82, 2.24) is 14.8 Å². The number of aromatic nitrogens is 3. The van der Waals surface area contributed by atoms with E-state index in [0.29, 0.717) is 16.5 Å². The Kier molecular flexibility index (Phi) is 4.85. The number of hydrogen-bond acceptors (Lipinski definition) is 7.